The van der Waals surface area contributed by atoms with Gasteiger partial charge in [0.2, 0.25) is 5.91 Å². The second kappa shape index (κ2) is 7.29. The lowest BCUT2D eigenvalue weighted by Gasteiger charge is -2.16. The molecule has 4 nitrogen and oxygen atoms in total. The lowest BCUT2D eigenvalue weighted by Crippen LogP contribution is -2.45. The fourth-order valence-corrected chi connectivity index (χ4v) is 2.30. The van der Waals surface area contributed by atoms with Crippen LogP contribution in [0, 0.1) is 0 Å². The molecule has 0 aromatic heterocycles. The molecule has 0 saturated heterocycles. The van der Waals surface area contributed by atoms with E-state index in [9.17, 15) is 9.59 Å². The lowest BCUT2D eigenvalue weighted by molar-refractivity contribution is -0.119. The van der Waals surface area contributed by atoms with Gasteiger partial charge in [-0.25, -0.2) is 0 Å². The Labute approximate surface area is 138 Å². The van der Waals surface area contributed by atoms with Crippen LogP contribution in [0.4, 0.5) is 0 Å². The topological polar surface area (TPSA) is 72.2 Å². The van der Waals surface area contributed by atoms with E-state index in [1.54, 1.807) is 42.5 Å². The molecule has 2 aromatic carbocycles. The van der Waals surface area contributed by atoms with Gasteiger partial charge in [-0.1, -0.05) is 35.3 Å². The van der Waals surface area contributed by atoms with Crippen molar-refractivity contribution in [3.63, 3.8) is 0 Å². The first-order valence-electron chi connectivity index (χ1n) is 6.56. The summed E-state index contributed by atoms with van der Waals surface area (Å²) < 4.78 is 0. The quantitative estimate of drug-likeness (QED) is 0.881. The number of benzene rings is 2. The van der Waals surface area contributed by atoms with Gasteiger partial charge in [0.05, 0.1) is 0 Å². The first kappa shape index (κ1) is 16.3. The van der Waals surface area contributed by atoms with Crippen LogP contribution >= 0.6 is 23.2 Å². The van der Waals surface area contributed by atoms with Crippen molar-refractivity contribution in [2.24, 2.45) is 5.73 Å². The average Bonchev–Trinajstić information content (AvgIpc) is 2.47. The fraction of sp³-hybridized carbons (Fsp3) is 0.125. The van der Waals surface area contributed by atoms with Gasteiger partial charge in [-0.15, -0.1) is 0 Å². The second-order valence-corrected chi connectivity index (χ2v) is 5.64. The van der Waals surface area contributed by atoms with Gasteiger partial charge in [0.15, 0.2) is 0 Å². The average molecular weight is 337 g/mol. The molecule has 0 unspecified atom stereocenters. The smallest absolute Gasteiger partial charge is 0.251 e. The maximum atomic E-state index is 12.1. The first-order valence-corrected chi connectivity index (χ1v) is 7.31. The van der Waals surface area contributed by atoms with Crippen LogP contribution in [0.25, 0.3) is 0 Å². The van der Waals surface area contributed by atoms with E-state index >= 15 is 0 Å². The van der Waals surface area contributed by atoms with Crippen molar-refractivity contribution in [2.75, 3.05) is 0 Å². The monoisotopic (exact) mass is 336 g/mol. The summed E-state index contributed by atoms with van der Waals surface area (Å²) in [6.07, 6.45) is 0.273. The van der Waals surface area contributed by atoms with Crippen LogP contribution in [0.5, 0.6) is 0 Å². The maximum Gasteiger partial charge on any atom is 0.251 e. The van der Waals surface area contributed by atoms with Gasteiger partial charge < -0.3 is 11.1 Å². The van der Waals surface area contributed by atoms with Crippen LogP contribution in [0.1, 0.15) is 15.9 Å². The van der Waals surface area contributed by atoms with Crippen molar-refractivity contribution < 1.29 is 9.59 Å². The van der Waals surface area contributed by atoms with Gasteiger partial charge in [-0.3, -0.25) is 9.59 Å². The Kier molecular flexibility index (Phi) is 5.41. The van der Waals surface area contributed by atoms with Crippen LogP contribution in [0.3, 0.4) is 0 Å². The predicted molar refractivity (Wildman–Crippen MR) is 87.1 cm³/mol. The highest BCUT2D eigenvalue weighted by molar-refractivity contribution is 6.30. The molecule has 0 heterocycles. The summed E-state index contributed by atoms with van der Waals surface area (Å²) in [6, 6.07) is 12.6. The summed E-state index contributed by atoms with van der Waals surface area (Å²) in [5.74, 6) is -0.996. The Morgan fingerprint density at radius 1 is 1.05 bits per heavy atom. The van der Waals surface area contributed by atoms with Crippen molar-refractivity contribution in [3.8, 4) is 0 Å². The van der Waals surface area contributed by atoms with E-state index in [0.717, 1.165) is 5.56 Å². The fourth-order valence-electron chi connectivity index (χ4n) is 1.97. The number of primary amides is 1. The van der Waals surface area contributed by atoms with E-state index in [1.165, 1.54) is 0 Å². The Bertz CT molecular complexity index is 687. The summed E-state index contributed by atoms with van der Waals surface area (Å²) in [4.78, 5) is 23.7. The van der Waals surface area contributed by atoms with E-state index in [4.69, 9.17) is 28.9 Å². The van der Waals surface area contributed by atoms with Gasteiger partial charge in [-0.2, -0.15) is 0 Å². The molecular weight excluding hydrogens is 323 g/mol. The summed E-state index contributed by atoms with van der Waals surface area (Å²) >= 11 is 11.7. The van der Waals surface area contributed by atoms with Crippen LogP contribution in [0.2, 0.25) is 10.0 Å². The lowest BCUT2D eigenvalue weighted by atomic mass is 10.0. The third-order valence-corrected chi connectivity index (χ3v) is 3.57. The second-order valence-electron chi connectivity index (χ2n) is 4.77. The molecular formula is C16H14Cl2N2O2. The summed E-state index contributed by atoms with van der Waals surface area (Å²) in [5.41, 5.74) is 6.58. The summed E-state index contributed by atoms with van der Waals surface area (Å²) in [6.45, 7) is 0. The van der Waals surface area contributed by atoms with Crippen molar-refractivity contribution in [2.45, 2.75) is 12.5 Å². The van der Waals surface area contributed by atoms with E-state index in [1.807, 2.05) is 6.07 Å². The number of nitrogens with two attached hydrogens (primary N) is 1. The Morgan fingerprint density at radius 2 is 1.73 bits per heavy atom. The number of carbonyl (C=O) groups excluding carboxylic acids is 2. The highest BCUT2D eigenvalue weighted by atomic mass is 35.5. The summed E-state index contributed by atoms with van der Waals surface area (Å²) in [5, 5.41) is 3.71. The molecule has 0 radical (unpaired) electrons. The minimum Gasteiger partial charge on any atom is -0.368 e. The molecule has 0 saturated carbocycles. The molecule has 0 fully saturated rings. The summed E-state index contributed by atoms with van der Waals surface area (Å²) in [7, 11) is 0. The molecule has 2 amide bonds. The molecule has 6 heteroatoms. The van der Waals surface area contributed by atoms with E-state index in [0.29, 0.717) is 15.6 Å². The van der Waals surface area contributed by atoms with Crippen molar-refractivity contribution in [1.29, 1.82) is 0 Å². The number of carbonyl (C=O) groups is 2. The molecule has 0 bridgehead atoms. The van der Waals surface area contributed by atoms with Crippen molar-refractivity contribution in [3.05, 3.63) is 69.7 Å². The first-order chi connectivity index (χ1) is 10.5. The molecule has 2 aromatic rings. The maximum absolute atomic E-state index is 12.1. The minimum absolute atomic E-state index is 0.273. The Hall–Kier alpha value is -2.04. The van der Waals surface area contributed by atoms with Crippen molar-refractivity contribution in [1.82, 2.24) is 5.32 Å². The number of hydrogen-bond acceptors (Lipinski definition) is 2. The zero-order valence-electron chi connectivity index (χ0n) is 11.6. The molecule has 2 rings (SSSR count). The zero-order chi connectivity index (χ0) is 16.1. The van der Waals surface area contributed by atoms with E-state index < -0.39 is 11.9 Å². The number of rotatable bonds is 5. The number of halogens is 2. The predicted octanol–water partition coefficient (Wildman–Crippen LogP) is 2.82. The SMILES string of the molecule is NC(=O)[C@H](Cc1cccc(Cl)c1)NC(=O)c1ccc(Cl)cc1. The molecule has 22 heavy (non-hydrogen) atoms. The van der Waals surface area contributed by atoms with Crippen LogP contribution in [-0.2, 0) is 11.2 Å². The van der Waals surface area contributed by atoms with Gasteiger partial charge in [0, 0.05) is 22.0 Å². The number of nitrogens with one attached hydrogen (secondary N) is 1. The van der Waals surface area contributed by atoms with Crippen molar-refractivity contribution >= 4 is 35.0 Å². The van der Waals surface area contributed by atoms with Gasteiger partial charge in [-0.05, 0) is 42.0 Å². The normalized spacial score (nSPS) is 11.7. The number of amides is 2. The number of hydrogen-bond donors (Lipinski definition) is 2. The van der Waals surface area contributed by atoms with Gasteiger partial charge in [0.25, 0.3) is 5.91 Å². The van der Waals surface area contributed by atoms with Crippen LogP contribution < -0.4 is 11.1 Å². The minimum atomic E-state index is -0.818. The van der Waals surface area contributed by atoms with Gasteiger partial charge in [0.1, 0.15) is 6.04 Å². The molecule has 0 spiro atoms. The third kappa shape index (κ3) is 4.48. The molecule has 0 aliphatic carbocycles. The highest BCUT2D eigenvalue weighted by Gasteiger charge is 2.19. The zero-order valence-corrected chi connectivity index (χ0v) is 13.1. The molecule has 1 atom stereocenters. The third-order valence-electron chi connectivity index (χ3n) is 3.08. The molecule has 3 N–H and O–H groups in total. The highest BCUT2D eigenvalue weighted by Crippen LogP contribution is 2.13. The molecule has 0 aliphatic heterocycles. The molecule has 0 aliphatic rings. The van der Waals surface area contributed by atoms with Gasteiger partial charge >= 0.3 is 0 Å². The Balaban J connectivity index is 2.10. The van der Waals surface area contributed by atoms with E-state index in [2.05, 4.69) is 5.32 Å². The molecule has 114 valence electrons. The standard InChI is InChI=1S/C16H14Cl2N2O2/c17-12-6-4-11(5-7-12)16(22)20-14(15(19)21)9-10-2-1-3-13(18)8-10/h1-8,14H,9H2,(H2,19,21)(H,20,22)/t14-/m0/s1. The Morgan fingerprint density at radius 3 is 2.32 bits per heavy atom. The largest absolute Gasteiger partial charge is 0.368 e. The van der Waals surface area contributed by atoms with Crippen LogP contribution in [-0.4, -0.2) is 17.9 Å². The van der Waals surface area contributed by atoms with Crippen LogP contribution in [0.15, 0.2) is 48.5 Å². The van der Waals surface area contributed by atoms with E-state index in [-0.39, 0.29) is 12.3 Å².